The van der Waals surface area contributed by atoms with Crippen molar-refractivity contribution in [2.45, 2.75) is 77.4 Å². The van der Waals surface area contributed by atoms with Gasteiger partial charge in [-0.25, -0.2) is 19.0 Å². The third-order valence-corrected chi connectivity index (χ3v) is 7.92. The van der Waals surface area contributed by atoms with Crippen LogP contribution in [0.5, 0.6) is 0 Å². The first-order chi connectivity index (χ1) is 19.6. The molecule has 4 aromatic rings. The van der Waals surface area contributed by atoms with E-state index in [9.17, 15) is 22.4 Å². The second-order valence-electron chi connectivity index (χ2n) is 10.6. The lowest BCUT2D eigenvalue weighted by atomic mass is 9.75. The molecule has 41 heavy (non-hydrogen) atoms. The molecule has 0 N–H and O–H groups in total. The van der Waals surface area contributed by atoms with E-state index in [2.05, 4.69) is 20.1 Å². The number of halogens is 4. The van der Waals surface area contributed by atoms with Crippen molar-refractivity contribution in [1.29, 1.82) is 0 Å². The van der Waals surface area contributed by atoms with E-state index in [1.807, 2.05) is 26.8 Å². The molecule has 0 aliphatic heterocycles. The van der Waals surface area contributed by atoms with Crippen LogP contribution < -0.4 is 5.56 Å². The third-order valence-electron chi connectivity index (χ3n) is 7.92. The van der Waals surface area contributed by atoms with Gasteiger partial charge in [-0.1, -0.05) is 19.1 Å². The summed E-state index contributed by atoms with van der Waals surface area (Å²) in [5.74, 6) is 0.257. The van der Waals surface area contributed by atoms with Crippen LogP contribution in [0.1, 0.15) is 83.8 Å². The molecule has 1 fully saturated rings. The van der Waals surface area contributed by atoms with E-state index < -0.39 is 23.8 Å². The zero-order valence-electron chi connectivity index (χ0n) is 23.2. The fraction of sp³-hybridized carbons (Fsp3) is 0.387. The van der Waals surface area contributed by atoms with Gasteiger partial charge in [-0.15, -0.1) is 0 Å². The van der Waals surface area contributed by atoms with E-state index >= 15 is 0 Å². The first-order valence-electron chi connectivity index (χ1n) is 13.8. The maximum Gasteiger partial charge on any atom is 0.418 e. The number of aromatic nitrogens is 5. The highest BCUT2D eigenvalue weighted by Crippen LogP contribution is 2.42. The molecule has 0 radical (unpaired) electrons. The van der Waals surface area contributed by atoms with Crippen LogP contribution in [-0.2, 0) is 19.1 Å². The first kappa shape index (κ1) is 28.6. The van der Waals surface area contributed by atoms with Crippen LogP contribution in [0.25, 0.3) is 11.4 Å². The van der Waals surface area contributed by atoms with E-state index in [1.54, 1.807) is 18.3 Å². The molecule has 0 saturated heterocycles. The van der Waals surface area contributed by atoms with Crippen molar-refractivity contribution in [3.05, 3.63) is 104 Å². The Balaban J connectivity index is 1.56. The average molecular weight is 566 g/mol. The van der Waals surface area contributed by atoms with Crippen molar-refractivity contribution in [2.24, 2.45) is 0 Å². The maximum atomic E-state index is 14.7. The van der Waals surface area contributed by atoms with E-state index in [-0.39, 0.29) is 23.3 Å². The predicted octanol–water partition coefficient (Wildman–Crippen LogP) is 6.92. The van der Waals surface area contributed by atoms with Crippen molar-refractivity contribution in [2.75, 3.05) is 0 Å². The normalized spacial score (nSPS) is 17.5. The molecule has 0 amide bonds. The van der Waals surface area contributed by atoms with Crippen molar-refractivity contribution >= 4 is 0 Å². The number of hydrogen-bond donors (Lipinski definition) is 0. The summed E-state index contributed by atoms with van der Waals surface area (Å²) in [6, 6.07) is 8.97. The minimum Gasteiger partial charge on any atom is -0.267 e. The number of alkyl halides is 3. The van der Waals surface area contributed by atoms with Crippen molar-refractivity contribution in [1.82, 2.24) is 24.7 Å². The molecule has 1 saturated carbocycles. The second-order valence-corrected chi connectivity index (χ2v) is 10.6. The Labute approximate surface area is 235 Å². The largest absolute Gasteiger partial charge is 0.418 e. The van der Waals surface area contributed by atoms with Gasteiger partial charge in [0.2, 0.25) is 0 Å². The van der Waals surface area contributed by atoms with Gasteiger partial charge in [0.15, 0.2) is 0 Å². The van der Waals surface area contributed by atoms with Crippen molar-refractivity contribution in [3.8, 4) is 11.4 Å². The molecule has 1 aromatic carbocycles. The minimum atomic E-state index is -4.63. The summed E-state index contributed by atoms with van der Waals surface area (Å²) in [6.45, 7) is 5.21. The topological polar surface area (TPSA) is 73.6 Å². The maximum absolute atomic E-state index is 14.7. The van der Waals surface area contributed by atoms with Gasteiger partial charge in [0, 0.05) is 24.4 Å². The van der Waals surface area contributed by atoms with Crippen molar-refractivity contribution < 1.29 is 17.6 Å². The summed E-state index contributed by atoms with van der Waals surface area (Å²) in [5, 5.41) is 4.50. The molecule has 1 aliphatic rings. The Morgan fingerprint density at radius 2 is 1.71 bits per heavy atom. The highest BCUT2D eigenvalue weighted by atomic mass is 19.4. The van der Waals surface area contributed by atoms with Gasteiger partial charge < -0.3 is 0 Å². The van der Waals surface area contributed by atoms with Crippen LogP contribution in [-0.4, -0.2) is 24.7 Å². The molecule has 5 rings (SSSR count). The minimum absolute atomic E-state index is 0.0371. The Kier molecular flexibility index (Phi) is 8.02. The number of benzene rings is 1. The van der Waals surface area contributed by atoms with Crippen LogP contribution in [0.4, 0.5) is 17.6 Å². The Hall–Kier alpha value is -3.95. The lowest BCUT2D eigenvalue weighted by Gasteiger charge is -2.30. The molecule has 0 atom stereocenters. The highest BCUT2D eigenvalue weighted by Gasteiger charge is 2.34. The lowest BCUT2D eigenvalue weighted by Crippen LogP contribution is -2.31. The predicted molar refractivity (Wildman–Crippen MR) is 147 cm³/mol. The Bertz CT molecular complexity index is 1600. The number of aryl methyl sites for hydroxylation is 3. The van der Waals surface area contributed by atoms with E-state index in [4.69, 9.17) is 0 Å². The highest BCUT2D eigenvalue weighted by molar-refractivity contribution is 5.58. The van der Waals surface area contributed by atoms with Crippen LogP contribution in [0.15, 0.2) is 53.6 Å². The molecule has 1 aliphatic carbocycles. The zero-order chi connectivity index (χ0) is 29.3. The molecule has 6 nitrogen and oxygen atoms in total. The summed E-state index contributed by atoms with van der Waals surface area (Å²) in [4.78, 5) is 26.7. The molecule has 10 heteroatoms. The van der Waals surface area contributed by atoms with E-state index in [1.165, 1.54) is 18.3 Å². The number of pyridine rings is 1. The molecule has 3 aromatic heterocycles. The molecule has 0 bridgehead atoms. The summed E-state index contributed by atoms with van der Waals surface area (Å²) in [5.41, 5.74) is 2.10. The van der Waals surface area contributed by atoms with Gasteiger partial charge in [-0.3, -0.25) is 9.78 Å². The number of hydrogen-bond acceptors (Lipinski definition) is 5. The van der Waals surface area contributed by atoms with Crippen LogP contribution >= 0.6 is 0 Å². The third kappa shape index (κ3) is 5.92. The smallest absolute Gasteiger partial charge is 0.267 e. The lowest BCUT2D eigenvalue weighted by molar-refractivity contribution is -0.138. The molecular formula is C31H31F4N5O. The fourth-order valence-corrected chi connectivity index (χ4v) is 5.80. The molecule has 0 unspecified atom stereocenters. The SMILES string of the molecule is CCc1ncc(C)c(-c2cc(C3CCC(c4c(C)cccc4F)CC3)c(=O)n(Cc3ncccc3C(F)(F)F)n2)n1. The Morgan fingerprint density at radius 1 is 0.976 bits per heavy atom. The van der Waals surface area contributed by atoms with Gasteiger partial charge in [0.25, 0.3) is 5.56 Å². The van der Waals surface area contributed by atoms with Gasteiger partial charge in [0.1, 0.15) is 17.3 Å². The summed E-state index contributed by atoms with van der Waals surface area (Å²) in [7, 11) is 0. The van der Waals surface area contributed by atoms with Gasteiger partial charge in [-0.2, -0.15) is 18.3 Å². The zero-order valence-corrected chi connectivity index (χ0v) is 23.2. The molecule has 214 valence electrons. The fourth-order valence-electron chi connectivity index (χ4n) is 5.80. The van der Waals surface area contributed by atoms with Crippen LogP contribution in [0.2, 0.25) is 0 Å². The van der Waals surface area contributed by atoms with Gasteiger partial charge in [0.05, 0.1) is 23.5 Å². The number of rotatable bonds is 6. The van der Waals surface area contributed by atoms with E-state index in [0.29, 0.717) is 54.9 Å². The molecule has 3 heterocycles. The monoisotopic (exact) mass is 565 g/mol. The Morgan fingerprint density at radius 3 is 2.39 bits per heavy atom. The second kappa shape index (κ2) is 11.5. The molecule has 0 spiro atoms. The number of nitrogens with zero attached hydrogens (tertiary/aromatic N) is 5. The summed E-state index contributed by atoms with van der Waals surface area (Å²) in [6.07, 6.45) is 1.56. The van der Waals surface area contributed by atoms with Gasteiger partial charge >= 0.3 is 6.18 Å². The van der Waals surface area contributed by atoms with Crippen LogP contribution in [0.3, 0.4) is 0 Å². The average Bonchev–Trinajstić information content (AvgIpc) is 2.94. The van der Waals surface area contributed by atoms with Crippen molar-refractivity contribution in [3.63, 3.8) is 0 Å². The first-order valence-corrected chi connectivity index (χ1v) is 13.8. The quantitative estimate of drug-likeness (QED) is 0.237. The summed E-state index contributed by atoms with van der Waals surface area (Å²) >= 11 is 0. The standard InChI is InChI=1S/C31H31F4N5O/c1-4-27-37-16-19(3)29(38-27)25-15-22(20-10-12-21(13-11-20)28-18(2)7-5-9-24(28)32)30(41)40(39-25)17-26-23(31(33,34)35)8-6-14-36-26/h5-9,14-16,20-21H,4,10-13,17H2,1-3H3. The van der Waals surface area contributed by atoms with Crippen LogP contribution in [0, 0.1) is 19.7 Å². The van der Waals surface area contributed by atoms with E-state index in [0.717, 1.165) is 27.4 Å². The molecular weight excluding hydrogens is 534 g/mol. The van der Waals surface area contributed by atoms with Gasteiger partial charge in [-0.05, 0) is 92.3 Å². The summed E-state index contributed by atoms with van der Waals surface area (Å²) < 4.78 is 57.0.